The molecule has 0 amide bonds. The van der Waals surface area contributed by atoms with Gasteiger partial charge in [-0.15, -0.1) is 0 Å². The fourth-order valence-electron chi connectivity index (χ4n) is 14.1. The summed E-state index contributed by atoms with van der Waals surface area (Å²) in [4.78, 5) is 4.99. The van der Waals surface area contributed by atoms with E-state index in [1.807, 2.05) is 12.1 Å². The van der Waals surface area contributed by atoms with E-state index in [2.05, 4.69) is 181 Å². The molecule has 0 bridgehead atoms. The van der Waals surface area contributed by atoms with E-state index >= 15 is 4.39 Å². The molecule has 0 fully saturated rings. The van der Waals surface area contributed by atoms with Crippen LogP contribution in [0.15, 0.2) is 72.8 Å². The van der Waals surface area contributed by atoms with Crippen LogP contribution in [0.25, 0.3) is 0 Å². The Morgan fingerprint density at radius 3 is 0.924 bits per heavy atom. The van der Waals surface area contributed by atoms with Crippen LogP contribution in [0.5, 0.6) is 0 Å². The Kier molecular flexibility index (Phi) is 9.03. The van der Waals surface area contributed by atoms with Crippen molar-refractivity contribution < 1.29 is 4.39 Å². The van der Waals surface area contributed by atoms with Crippen LogP contribution >= 0.6 is 0 Å². The minimum Gasteiger partial charge on any atom is -0.311 e. The zero-order valence-corrected chi connectivity index (χ0v) is 43.4. The number of hydrogen-bond donors (Lipinski definition) is 0. The summed E-state index contributed by atoms with van der Waals surface area (Å²) >= 11 is 0. The summed E-state index contributed by atoms with van der Waals surface area (Å²) in [5, 5.41) is 0. The van der Waals surface area contributed by atoms with Crippen LogP contribution in [0.4, 0.5) is 38.5 Å². The minimum absolute atomic E-state index is 0.00549. The van der Waals surface area contributed by atoms with E-state index in [0.29, 0.717) is 0 Å². The van der Waals surface area contributed by atoms with Gasteiger partial charge in [-0.1, -0.05) is 135 Å². The van der Waals surface area contributed by atoms with E-state index in [1.165, 1.54) is 85.1 Å². The average molecular weight is 879 g/mol. The Morgan fingerprint density at radius 2 is 0.606 bits per heavy atom. The lowest BCUT2D eigenvalue weighted by atomic mass is 9.32. The summed E-state index contributed by atoms with van der Waals surface area (Å²) in [6, 6.07) is 28.7. The van der Waals surface area contributed by atoms with Gasteiger partial charge in [-0.05, 0) is 204 Å². The van der Waals surface area contributed by atoms with Crippen LogP contribution in [0, 0.1) is 5.82 Å². The van der Waals surface area contributed by atoms with Crippen molar-refractivity contribution in [3.8, 4) is 0 Å². The lowest BCUT2D eigenvalue weighted by molar-refractivity contribution is 0.332. The molecule has 2 heterocycles. The van der Waals surface area contributed by atoms with Crippen molar-refractivity contribution in [3.63, 3.8) is 0 Å². The molecule has 2 aliphatic heterocycles. The van der Waals surface area contributed by atoms with Crippen LogP contribution in [0.1, 0.15) is 207 Å². The molecular weight excluding hydrogens is 803 g/mol. The number of nitrogens with zero attached hydrogens (tertiary/aromatic N) is 2. The molecule has 0 atom stereocenters. The summed E-state index contributed by atoms with van der Waals surface area (Å²) in [7, 11) is 0. The van der Waals surface area contributed by atoms with Crippen molar-refractivity contribution in [1.29, 1.82) is 0 Å². The van der Waals surface area contributed by atoms with Gasteiger partial charge in [0.25, 0.3) is 6.71 Å². The van der Waals surface area contributed by atoms with E-state index in [9.17, 15) is 0 Å². The number of anilines is 6. The fourth-order valence-corrected chi connectivity index (χ4v) is 14.1. The van der Waals surface area contributed by atoms with Crippen molar-refractivity contribution in [2.75, 3.05) is 9.80 Å². The van der Waals surface area contributed by atoms with Crippen molar-refractivity contribution in [2.24, 2.45) is 0 Å². The van der Waals surface area contributed by atoms with Crippen molar-refractivity contribution in [1.82, 2.24) is 0 Å². The predicted molar refractivity (Wildman–Crippen MR) is 282 cm³/mol. The minimum atomic E-state index is -0.193. The molecular formula is C62H76BFN2. The molecule has 0 aromatic heterocycles. The van der Waals surface area contributed by atoms with Crippen LogP contribution in [-0.2, 0) is 43.3 Å². The molecule has 0 unspecified atom stereocenters. The van der Waals surface area contributed by atoms with Gasteiger partial charge in [0.1, 0.15) is 5.82 Å². The second-order valence-corrected chi connectivity index (χ2v) is 27.4. The Balaban J connectivity index is 1.27. The van der Waals surface area contributed by atoms with Crippen LogP contribution in [0.2, 0.25) is 0 Å². The Morgan fingerprint density at radius 1 is 0.333 bits per heavy atom. The maximum atomic E-state index is 17.4. The van der Waals surface area contributed by atoms with Gasteiger partial charge < -0.3 is 9.80 Å². The van der Waals surface area contributed by atoms with E-state index in [-0.39, 0.29) is 55.8 Å². The van der Waals surface area contributed by atoms with Gasteiger partial charge in [0, 0.05) is 34.1 Å². The summed E-state index contributed by atoms with van der Waals surface area (Å²) < 4.78 is 17.4. The lowest BCUT2D eigenvalue weighted by Crippen LogP contribution is -2.62. The van der Waals surface area contributed by atoms with E-state index in [4.69, 9.17) is 0 Å². The SMILES string of the molecule is CC1(C)CCC(C)(C)c2cc(N3c4cc5c(cc4B4c6cc7c(cc6N(c6ccc8c(c6)C(C)(C)CCC8(C)C)c6cc(F)cc3c64)C(C)(C)CCC7(C)C)C(C)(C)CCC5(C)C)ccc21. The predicted octanol–water partition coefficient (Wildman–Crippen LogP) is 15.3. The van der Waals surface area contributed by atoms with Gasteiger partial charge in [0.05, 0.1) is 0 Å². The van der Waals surface area contributed by atoms with E-state index in [0.717, 1.165) is 61.3 Å². The molecule has 0 radical (unpaired) electrons. The molecule has 2 nitrogen and oxygen atoms in total. The number of hydrogen-bond acceptors (Lipinski definition) is 2. The summed E-state index contributed by atoms with van der Waals surface area (Å²) in [5.41, 5.74) is 22.3. The van der Waals surface area contributed by atoms with Gasteiger partial charge in [-0.2, -0.15) is 0 Å². The topological polar surface area (TPSA) is 6.48 Å². The van der Waals surface area contributed by atoms with Crippen LogP contribution in [0.3, 0.4) is 0 Å². The van der Waals surface area contributed by atoms with E-state index < -0.39 is 0 Å². The number of fused-ring (bicyclic) bond motifs is 8. The van der Waals surface area contributed by atoms with Crippen LogP contribution < -0.4 is 26.2 Å². The first-order valence-corrected chi connectivity index (χ1v) is 25.7. The van der Waals surface area contributed by atoms with Crippen molar-refractivity contribution >= 4 is 57.2 Å². The van der Waals surface area contributed by atoms with Gasteiger partial charge in [0.2, 0.25) is 0 Å². The third-order valence-electron chi connectivity index (χ3n) is 19.2. The number of benzene rings is 5. The van der Waals surface area contributed by atoms with Gasteiger partial charge in [-0.25, -0.2) is 4.39 Å². The molecule has 4 aliphatic carbocycles. The van der Waals surface area contributed by atoms with Crippen molar-refractivity contribution in [3.05, 3.63) is 123 Å². The highest BCUT2D eigenvalue weighted by molar-refractivity contribution is 7.00. The molecule has 0 saturated carbocycles. The summed E-state index contributed by atoms with van der Waals surface area (Å²) in [6.45, 7) is 38.9. The normalized spacial score (nSPS) is 23.3. The second-order valence-electron chi connectivity index (χ2n) is 27.4. The first kappa shape index (κ1) is 44.2. The first-order valence-electron chi connectivity index (χ1n) is 25.7. The van der Waals surface area contributed by atoms with Crippen molar-refractivity contribution in [2.45, 2.75) is 205 Å². The summed E-state index contributed by atoms with van der Waals surface area (Å²) in [5.74, 6) is -0.193. The smallest absolute Gasteiger partial charge is 0.252 e. The highest BCUT2D eigenvalue weighted by atomic mass is 19.1. The first-order chi connectivity index (χ1) is 30.5. The Labute approximate surface area is 398 Å². The molecule has 66 heavy (non-hydrogen) atoms. The molecule has 5 aromatic rings. The van der Waals surface area contributed by atoms with Gasteiger partial charge in [0.15, 0.2) is 0 Å². The molecule has 6 aliphatic rings. The molecule has 0 spiro atoms. The number of rotatable bonds is 2. The highest BCUT2D eigenvalue weighted by Gasteiger charge is 2.50. The zero-order chi connectivity index (χ0) is 47.3. The Bertz CT molecular complexity index is 2730. The van der Waals surface area contributed by atoms with E-state index in [1.54, 1.807) is 0 Å². The largest absolute Gasteiger partial charge is 0.311 e. The van der Waals surface area contributed by atoms with Gasteiger partial charge >= 0.3 is 0 Å². The quantitative estimate of drug-likeness (QED) is 0.160. The highest BCUT2D eigenvalue weighted by Crippen LogP contribution is 2.55. The number of halogens is 1. The molecule has 4 heteroatoms. The maximum Gasteiger partial charge on any atom is 0.252 e. The molecule has 0 saturated heterocycles. The zero-order valence-electron chi connectivity index (χ0n) is 43.4. The fraction of sp³-hybridized carbons (Fsp3) is 0.516. The molecule has 344 valence electrons. The maximum absolute atomic E-state index is 17.4. The average Bonchev–Trinajstić information content (AvgIpc) is 3.23. The second kappa shape index (κ2) is 13.5. The molecule has 5 aromatic carbocycles. The molecule has 0 N–H and O–H groups in total. The lowest BCUT2D eigenvalue weighted by Gasteiger charge is -2.49. The van der Waals surface area contributed by atoms with Crippen LogP contribution in [-0.4, -0.2) is 6.71 Å². The third kappa shape index (κ3) is 6.23. The standard InChI is InChI=1S/C62H76BFN2/c1-55(2)21-23-57(5,6)42-31-38(17-19-40(42)55)65-50-35-46-44(59(9,10)25-27-61(46,13)14)33-48(50)63-49-34-45-47(62(15,16)28-26-60(45,11)12)36-51(49)66(53-30-37(64)29-52(65)54(53)63)39-18-20-41-43(32-39)58(7,8)24-22-56(41,3)4/h17-20,29-36H,21-28H2,1-16H3. The van der Waals surface area contributed by atoms with Gasteiger partial charge in [-0.3, -0.25) is 0 Å². The summed E-state index contributed by atoms with van der Waals surface area (Å²) in [6.07, 6.45) is 9.18. The monoisotopic (exact) mass is 879 g/mol. The Hall–Kier alpha value is -4.31. The molecule has 11 rings (SSSR count). The third-order valence-corrected chi connectivity index (χ3v) is 19.2.